The summed E-state index contributed by atoms with van der Waals surface area (Å²) in [5.41, 5.74) is 8.52. The minimum Gasteiger partial charge on any atom is -0.395 e. The number of hydrogen-bond donors (Lipinski definition) is 2. The van der Waals surface area contributed by atoms with Crippen molar-refractivity contribution in [1.29, 1.82) is 0 Å². The molecule has 1 aromatic carbocycles. The molecule has 0 bridgehead atoms. The molecule has 0 aliphatic carbocycles. The lowest BCUT2D eigenvalue weighted by molar-refractivity contribution is 0.260. The molecule has 1 aliphatic heterocycles. The Morgan fingerprint density at radius 3 is 3.00 bits per heavy atom. The Bertz CT molecular complexity index is 340. The van der Waals surface area contributed by atoms with Crippen LogP contribution in [0, 0.1) is 0 Å². The molecule has 1 aliphatic rings. The molecule has 0 amide bonds. The van der Waals surface area contributed by atoms with E-state index in [2.05, 4.69) is 29.2 Å². The van der Waals surface area contributed by atoms with Gasteiger partial charge in [0.2, 0.25) is 0 Å². The van der Waals surface area contributed by atoms with Crippen LogP contribution in [0.5, 0.6) is 0 Å². The van der Waals surface area contributed by atoms with Crippen LogP contribution in [-0.4, -0.2) is 30.8 Å². The van der Waals surface area contributed by atoms with Crippen LogP contribution in [-0.2, 0) is 6.42 Å². The molecule has 0 fully saturated rings. The summed E-state index contributed by atoms with van der Waals surface area (Å²) in [6.45, 7) is 2.13. The summed E-state index contributed by atoms with van der Waals surface area (Å²) in [5, 5.41) is 8.92. The minimum absolute atomic E-state index is 0.0789. The van der Waals surface area contributed by atoms with Crippen molar-refractivity contribution in [3.8, 4) is 0 Å². The zero-order chi connectivity index (χ0) is 11.4. The Morgan fingerprint density at radius 2 is 2.19 bits per heavy atom. The van der Waals surface area contributed by atoms with Gasteiger partial charge in [-0.3, -0.25) is 0 Å². The van der Waals surface area contributed by atoms with Crippen LogP contribution in [0.25, 0.3) is 0 Å². The van der Waals surface area contributed by atoms with Gasteiger partial charge in [0, 0.05) is 24.8 Å². The highest BCUT2D eigenvalue weighted by molar-refractivity contribution is 5.55. The highest BCUT2D eigenvalue weighted by Gasteiger charge is 2.16. The van der Waals surface area contributed by atoms with Gasteiger partial charge in [0.1, 0.15) is 0 Å². The normalized spacial score (nSPS) is 17.0. The quantitative estimate of drug-likeness (QED) is 0.800. The van der Waals surface area contributed by atoms with Crippen molar-refractivity contribution in [3.05, 3.63) is 29.8 Å². The number of aryl methyl sites for hydroxylation is 1. The molecule has 0 saturated carbocycles. The number of aliphatic hydroxyl groups is 1. The Kier molecular flexibility index (Phi) is 3.80. The maximum absolute atomic E-state index is 8.92. The van der Waals surface area contributed by atoms with E-state index in [9.17, 15) is 0 Å². The van der Waals surface area contributed by atoms with Crippen LogP contribution in [0.1, 0.15) is 18.4 Å². The third-order valence-electron chi connectivity index (χ3n) is 3.21. The van der Waals surface area contributed by atoms with Crippen LogP contribution >= 0.6 is 0 Å². The highest BCUT2D eigenvalue weighted by atomic mass is 16.3. The molecule has 0 radical (unpaired) electrons. The first-order chi connectivity index (χ1) is 7.81. The number of hydrogen-bond acceptors (Lipinski definition) is 3. The third-order valence-corrected chi connectivity index (χ3v) is 3.21. The number of para-hydroxylation sites is 1. The lowest BCUT2D eigenvalue weighted by atomic mass is 10.0. The van der Waals surface area contributed by atoms with Gasteiger partial charge in [0.25, 0.3) is 0 Å². The second-order valence-electron chi connectivity index (χ2n) is 4.45. The van der Waals surface area contributed by atoms with Crippen molar-refractivity contribution in [3.63, 3.8) is 0 Å². The molecule has 3 heteroatoms. The van der Waals surface area contributed by atoms with Gasteiger partial charge in [-0.05, 0) is 30.9 Å². The van der Waals surface area contributed by atoms with Gasteiger partial charge < -0.3 is 15.7 Å². The molecule has 1 heterocycles. The lowest BCUT2D eigenvalue weighted by Gasteiger charge is -2.31. The van der Waals surface area contributed by atoms with E-state index in [1.807, 2.05) is 0 Å². The zero-order valence-electron chi connectivity index (χ0n) is 9.60. The molecule has 3 nitrogen and oxygen atoms in total. The SMILES string of the molecule is NC(CO)CCN1CCCc2ccccc21. The van der Waals surface area contributed by atoms with Crippen LogP contribution < -0.4 is 10.6 Å². The van der Waals surface area contributed by atoms with Crippen molar-refractivity contribution in [2.45, 2.75) is 25.3 Å². The largest absolute Gasteiger partial charge is 0.395 e. The van der Waals surface area contributed by atoms with E-state index in [0.717, 1.165) is 19.5 Å². The van der Waals surface area contributed by atoms with Gasteiger partial charge in [-0.25, -0.2) is 0 Å². The summed E-state index contributed by atoms with van der Waals surface area (Å²) in [6.07, 6.45) is 3.24. The average Bonchev–Trinajstić information content (AvgIpc) is 2.35. The van der Waals surface area contributed by atoms with E-state index in [4.69, 9.17) is 10.8 Å². The molecule has 3 N–H and O–H groups in total. The Morgan fingerprint density at radius 1 is 1.38 bits per heavy atom. The first kappa shape index (κ1) is 11.4. The molecule has 0 saturated heterocycles. The number of fused-ring (bicyclic) bond motifs is 1. The molecule has 1 atom stereocenters. The second kappa shape index (κ2) is 5.32. The lowest BCUT2D eigenvalue weighted by Crippen LogP contribution is -2.35. The van der Waals surface area contributed by atoms with Gasteiger partial charge in [0.15, 0.2) is 0 Å². The summed E-state index contributed by atoms with van der Waals surface area (Å²) >= 11 is 0. The smallest absolute Gasteiger partial charge is 0.0583 e. The third kappa shape index (κ3) is 2.54. The van der Waals surface area contributed by atoms with Gasteiger partial charge >= 0.3 is 0 Å². The van der Waals surface area contributed by atoms with E-state index in [1.165, 1.54) is 24.1 Å². The molecular formula is C13H20N2O. The maximum atomic E-state index is 8.92. The van der Waals surface area contributed by atoms with E-state index in [-0.39, 0.29) is 12.6 Å². The van der Waals surface area contributed by atoms with E-state index >= 15 is 0 Å². The Hall–Kier alpha value is -1.06. The van der Waals surface area contributed by atoms with Gasteiger partial charge in [0.05, 0.1) is 6.61 Å². The fourth-order valence-corrected chi connectivity index (χ4v) is 2.26. The topological polar surface area (TPSA) is 49.5 Å². The molecule has 0 aromatic heterocycles. The van der Waals surface area contributed by atoms with Gasteiger partial charge in [-0.15, -0.1) is 0 Å². The predicted molar refractivity (Wildman–Crippen MR) is 66.7 cm³/mol. The first-order valence-corrected chi connectivity index (χ1v) is 6.00. The van der Waals surface area contributed by atoms with E-state index in [0.29, 0.717) is 0 Å². The van der Waals surface area contributed by atoms with E-state index < -0.39 is 0 Å². The molecule has 1 aromatic rings. The zero-order valence-corrected chi connectivity index (χ0v) is 9.60. The van der Waals surface area contributed by atoms with Crippen LogP contribution in [0.3, 0.4) is 0 Å². The predicted octanol–water partition coefficient (Wildman–Crippen LogP) is 1.15. The van der Waals surface area contributed by atoms with Crippen molar-refractivity contribution in [2.24, 2.45) is 5.73 Å². The molecule has 88 valence electrons. The van der Waals surface area contributed by atoms with Crippen LogP contribution in [0.15, 0.2) is 24.3 Å². The van der Waals surface area contributed by atoms with E-state index in [1.54, 1.807) is 0 Å². The molecule has 0 spiro atoms. The molecule has 2 rings (SSSR count). The molecule has 1 unspecified atom stereocenters. The number of anilines is 1. The number of rotatable bonds is 4. The number of nitrogens with zero attached hydrogens (tertiary/aromatic N) is 1. The average molecular weight is 220 g/mol. The van der Waals surface area contributed by atoms with Crippen molar-refractivity contribution in [1.82, 2.24) is 0 Å². The summed E-state index contributed by atoms with van der Waals surface area (Å²) in [6, 6.07) is 8.48. The monoisotopic (exact) mass is 220 g/mol. The summed E-state index contributed by atoms with van der Waals surface area (Å²) in [4.78, 5) is 2.38. The maximum Gasteiger partial charge on any atom is 0.0583 e. The summed E-state index contributed by atoms with van der Waals surface area (Å²) in [5.74, 6) is 0. The Balaban J connectivity index is 2.01. The van der Waals surface area contributed by atoms with Crippen molar-refractivity contribution < 1.29 is 5.11 Å². The van der Waals surface area contributed by atoms with Gasteiger partial charge in [-0.1, -0.05) is 18.2 Å². The summed E-state index contributed by atoms with van der Waals surface area (Å²) in [7, 11) is 0. The van der Waals surface area contributed by atoms with Gasteiger partial charge in [-0.2, -0.15) is 0 Å². The second-order valence-corrected chi connectivity index (χ2v) is 4.45. The molecular weight excluding hydrogens is 200 g/mol. The van der Waals surface area contributed by atoms with Crippen molar-refractivity contribution >= 4 is 5.69 Å². The fraction of sp³-hybridized carbons (Fsp3) is 0.538. The first-order valence-electron chi connectivity index (χ1n) is 6.00. The van der Waals surface area contributed by atoms with Crippen LogP contribution in [0.2, 0.25) is 0 Å². The highest BCUT2D eigenvalue weighted by Crippen LogP contribution is 2.26. The standard InChI is InChI=1S/C13H20N2O/c14-12(10-16)7-9-15-8-3-5-11-4-1-2-6-13(11)15/h1-2,4,6,12,16H,3,5,7-10,14H2. The fourth-order valence-electron chi connectivity index (χ4n) is 2.26. The Labute approximate surface area is 96.9 Å². The summed E-state index contributed by atoms with van der Waals surface area (Å²) < 4.78 is 0. The number of benzene rings is 1. The molecule has 16 heavy (non-hydrogen) atoms. The number of nitrogens with two attached hydrogens (primary N) is 1. The van der Waals surface area contributed by atoms with Crippen molar-refractivity contribution in [2.75, 3.05) is 24.6 Å². The number of aliphatic hydroxyl groups excluding tert-OH is 1. The van der Waals surface area contributed by atoms with Crippen LogP contribution in [0.4, 0.5) is 5.69 Å². The minimum atomic E-state index is -0.0888.